The third-order valence-corrected chi connectivity index (χ3v) is 2.47. The molecule has 102 valence electrons. The summed E-state index contributed by atoms with van der Waals surface area (Å²) in [6.45, 7) is 0. The van der Waals surface area contributed by atoms with Gasteiger partial charge >= 0.3 is 5.97 Å². The molecule has 0 bridgehead atoms. The Labute approximate surface area is 113 Å². The van der Waals surface area contributed by atoms with Gasteiger partial charge < -0.3 is 10.2 Å². The number of hydrogen-bond acceptors (Lipinski definition) is 5. The van der Waals surface area contributed by atoms with Gasteiger partial charge in [-0.1, -0.05) is 6.07 Å². The number of pyridine rings is 1. The molecule has 0 saturated carbocycles. The van der Waals surface area contributed by atoms with E-state index in [2.05, 4.69) is 15.2 Å². The standard InChI is InChI=1S/C13H11N3O4/c17-11(7-12(18)13(19)20)10-6-9(15-16-10)5-8-3-1-2-4-14-8/h1-4,6-7,17H,5H2,(H,15,16)(H,19,20). The highest BCUT2D eigenvalue weighted by Crippen LogP contribution is 2.12. The lowest BCUT2D eigenvalue weighted by Gasteiger charge is -1.95. The maximum Gasteiger partial charge on any atom is 0.376 e. The largest absolute Gasteiger partial charge is 0.505 e. The zero-order valence-corrected chi connectivity index (χ0v) is 10.3. The topological polar surface area (TPSA) is 116 Å². The molecule has 0 aliphatic carbocycles. The summed E-state index contributed by atoms with van der Waals surface area (Å²) in [5.41, 5.74) is 1.60. The maximum atomic E-state index is 10.9. The average Bonchev–Trinajstić information content (AvgIpc) is 2.88. The number of aliphatic hydroxyl groups is 1. The minimum atomic E-state index is -1.64. The van der Waals surface area contributed by atoms with Gasteiger partial charge in [0.1, 0.15) is 11.5 Å². The fraction of sp³-hybridized carbons (Fsp3) is 0.0769. The van der Waals surface area contributed by atoms with E-state index in [0.717, 1.165) is 5.69 Å². The number of aromatic amines is 1. The number of aromatic nitrogens is 3. The van der Waals surface area contributed by atoms with Crippen molar-refractivity contribution in [3.05, 3.63) is 53.6 Å². The van der Waals surface area contributed by atoms with Crippen LogP contribution in [-0.4, -0.2) is 37.1 Å². The number of carbonyl (C=O) groups excluding carboxylic acids is 1. The van der Waals surface area contributed by atoms with Gasteiger partial charge in [-0.15, -0.1) is 0 Å². The van der Waals surface area contributed by atoms with E-state index < -0.39 is 17.5 Å². The Morgan fingerprint density at radius 2 is 2.10 bits per heavy atom. The number of H-pyrrole nitrogens is 1. The first-order valence-corrected chi connectivity index (χ1v) is 5.68. The van der Waals surface area contributed by atoms with Crippen molar-refractivity contribution >= 4 is 17.5 Å². The van der Waals surface area contributed by atoms with Gasteiger partial charge in [-0.05, 0) is 18.2 Å². The zero-order chi connectivity index (χ0) is 14.5. The molecule has 0 fully saturated rings. The fourth-order valence-corrected chi connectivity index (χ4v) is 1.54. The highest BCUT2D eigenvalue weighted by atomic mass is 16.4. The van der Waals surface area contributed by atoms with Gasteiger partial charge in [-0.3, -0.25) is 14.9 Å². The van der Waals surface area contributed by atoms with E-state index in [1.54, 1.807) is 12.3 Å². The van der Waals surface area contributed by atoms with E-state index in [4.69, 9.17) is 5.11 Å². The highest BCUT2D eigenvalue weighted by molar-refractivity contribution is 6.38. The van der Waals surface area contributed by atoms with Crippen LogP contribution in [0.15, 0.2) is 36.5 Å². The molecule has 0 atom stereocenters. The number of hydrogen-bond donors (Lipinski definition) is 3. The van der Waals surface area contributed by atoms with Gasteiger partial charge in [0.2, 0.25) is 0 Å². The average molecular weight is 273 g/mol. The van der Waals surface area contributed by atoms with Crippen molar-refractivity contribution in [2.75, 3.05) is 0 Å². The fourth-order valence-electron chi connectivity index (χ4n) is 1.54. The van der Waals surface area contributed by atoms with Gasteiger partial charge in [0.05, 0.1) is 0 Å². The van der Waals surface area contributed by atoms with Crippen LogP contribution in [0.1, 0.15) is 17.1 Å². The monoisotopic (exact) mass is 273 g/mol. The number of aliphatic hydroxyl groups excluding tert-OH is 1. The smallest absolute Gasteiger partial charge is 0.376 e. The number of ketones is 1. The minimum absolute atomic E-state index is 0.102. The van der Waals surface area contributed by atoms with Crippen molar-refractivity contribution in [2.45, 2.75) is 6.42 Å². The number of carboxylic acid groups (broad SMARTS) is 1. The third-order valence-electron chi connectivity index (χ3n) is 2.47. The molecule has 2 aromatic rings. The normalized spacial score (nSPS) is 11.3. The molecular weight excluding hydrogens is 262 g/mol. The molecule has 0 radical (unpaired) electrons. The van der Waals surface area contributed by atoms with Gasteiger partial charge in [-0.2, -0.15) is 5.10 Å². The first kappa shape index (κ1) is 13.5. The Morgan fingerprint density at radius 1 is 1.30 bits per heavy atom. The summed E-state index contributed by atoms with van der Waals surface area (Å²) < 4.78 is 0. The van der Waals surface area contributed by atoms with Gasteiger partial charge in [-0.25, -0.2) is 4.79 Å². The van der Waals surface area contributed by atoms with Crippen molar-refractivity contribution < 1.29 is 19.8 Å². The van der Waals surface area contributed by atoms with E-state index >= 15 is 0 Å². The summed E-state index contributed by atoms with van der Waals surface area (Å²) in [7, 11) is 0. The number of carbonyl (C=O) groups is 2. The highest BCUT2D eigenvalue weighted by Gasteiger charge is 2.12. The van der Waals surface area contributed by atoms with Gasteiger partial charge in [0, 0.05) is 30.1 Å². The van der Waals surface area contributed by atoms with E-state index in [1.165, 1.54) is 6.07 Å². The van der Waals surface area contributed by atoms with Crippen LogP contribution in [0.25, 0.3) is 5.76 Å². The van der Waals surface area contributed by atoms with Crippen molar-refractivity contribution in [1.29, 1.82) is 0 Å². The molecule has 0 aliphatic heterocycles. The Morgan fingerprint density at radius 3 is 2.75 bits per heavy atom. The van der Waals surface area contributed by atoms with E-state index in [9.17, 15) is 14.7 Å². The number of nitrogens with one attached hydrogen (secondary N) is 1. The molecule has 0 spiro atoms. The Bertz CT molecular complexity index is 661. The van der Waals surface area contributed by atoms with Crippen LogP contribution < -0.4 is 0 Å². The van der Waals surface area contributed by atoms with Crippen LogP contribution in [-0.2, 0) is 16.0 Å². The molecule has 2 aromatic heterocycles. The summed E-state index contributed by atoms with van der Waals surface area (Å²) in [6.07, 6.45) is 2.76. The van der Waals surface area contributed by atoms with Crippen LogP contribution in [0.3, 0.4) is 0 Å². The quantitative estimate of drug-likeness (QED) is 0.424. The van der Waals surface area contributed by atoms with Crippen molar-refractivity contribution in [3.63, 3.8) is 0 Å². The molecule has 0 amide bonds. The lowest BCUT2D eigenvalue weighted by atomic mass is 10.2. The van der Waals surface area contributed by atoms with Crippen LogP contribution >= 0.6 is 0 Å². The first-order valence-electron chi connectivity index (χ1n) is 5.68. The number of carboxylic acids is 1. The molecular formula is C13H11N3O4. The second-order valence-corrected chi connectivity index (χ2v) is 3.98. The number of rotatable bonds is 5. The predicted octanol–water partition coefficient (Wildman–Crippen LogP) is 0.948. The van der Waals surface area contributed by atoms with E-state index in [0.29, 0.717) is 18.2 Å². The molecule has 20 heavy (non-hydrogen) atoms. The lowest BCUT2D eigenvalue weighted by molar-refractivity contribution is -0.146. The zero-order valence-electron chi connectivity index (χ0n) is 10.3. The maximum absolute atomic E-state index is 10.9. The van der Waals surface area contributed by atoms with Crippen LogP contribution in [0.2, 0.25) is 0 Å². The summed E-state index contributed by atoms with van der Waals surface area (Å²) in [4.78, 5) is 25.5. The summed E-state index contributed by atoms with van der Waals surface area (Å²) in [6, 6.07) is 7.01. The number of aliphatic carboxylic acids is 1. The van der Waals surface area contributed by atoms with Crippen molar-refractivity contribution in [3.8, 4) is 0 Å². The van der Waals surface area contributed by atoms with E-state index in [1.807, 2.05) is 12.1 Å². The molecule has 0 aliphatic rings. The Kier molecular flexibility index (Phi) is 3.90. The van der Waals surface area contributed by atoms with Crippen LogP contribution in [0.5, 0.6) is 0 Å². The molecule has 0 aromatic carbocycles. The molecule has 0 saturated heterocycles. The third kappa shape index (κ3) is 3.29. The Hall–Kier alpha value is -2.96. The molecule has 3 N–H and O–H groups in total. The van der Waals surface area contributed by atoms with Crippen LogP contribution in [0, 0.1) is 0 Å². The number of nitrogens with zero attached hydrogens (tertiary/aromatic N) is 2. The lowest BCUT2D eigenvalue weighted by Crippen LogP contribution is -2.09. The van der Waals surface area contributed by atoms with E-state index in [-0.39, 0.29) is 5.69 Å². The SMILES string of the molecule is O=C(O)C(=O)C=C(O)c1cc(Cc2ccccn2)[nH]n1. The second-order valence-electron chi connectivity index (χ2n) is 3.98. The minimum Gasteiger partial charge on any atom is -0.505 e. The molecule has 0 unspecified atom stereocenters. The van der Waals surface area contributed by atoms with Crippen molar-refractivity contribution in [1.82, 2.24) is 15.2 Å². The summed E-state index contributed by atoms with van der Waals surface area (Å²) in [5, 5.41) is 24.5. The molecule has 2 heterocycles. The first-order chi connectivity index (χ1) is 9.56. The van der Waals surface area contributed by atoms with Gasteiger partial charge in [0.25, 0.3) is 5.78 Å². The van der Waals surface area contributed by atoms with Crippen molar-refractivity contribution in [2.24, 2.45) is 0 Å². The summed E-state index contributed by atoms with van der Waals surface area (Å²) >= 11 is 0. The van der Waals surface area contributed by atoms with Gasteiger partial charge in [0.15, 0.2) is 0 Å². The predicted molar refractivity (Wildman–Crippen MR) is 68.9 cm³/mol. The Balaban J connectivity index is 2.13. The van der Waals surface area contributed by atoms with Crippen LogP contribution in [0.4, 0.5) is 0 Å². The second kappa shape index (κ2) is 5.79. The molecule has 7 nitrogen and oxygen atoms in total. The molecule has 7 heteroatoms. The molecule has 2 rings (SSSR count). The summed E-state index contributed by atoms with van der Waals surface area (Å²) in [5.74, 6) is -3.35.